The first-order valence-corrected chi connectivity index (χ1v) is 9.85. The number of hydrogen-bond acceptors (Lipinski definition) is 4. The standard InChI is InChI=1S/C23H26FN3O3/c1-16-4-6-19(7-5-16)22-14-21(18-8-10-20(24)11-9-18)25-27(22)23(29)15-26(17(2)28)12-13-30-3/h4-11,22H,12-15H2,1-3H3/t22-/m1/s1. The van der Waals surface area contributed by atoms with Gasteiger partial charge in [-0.1, -0.05) is 42.0 Å². The highest BCUT2D eigenvalue weighted by atomic mass is 19.1. The monoisotopic (exact) mass is 411 g/mol. The van der Waals surface area contributed by atoms with Crippen molar-refractivity contribution in [2.45, 2.75) is 26.3 Å². The number of amides is 2. The molecular formula is C23H26FN3O3. The first kappa shape index (κ1) is 21.6. The summed E-state index contributed by atoms with van der Waals surface area (Å²) in [4.78, 5) is 26.5. The van der Waals surface area contributed by atoms with Crippen LogP contribution in [0.15, 0.2) is 53.6 Å². The molecule has 0 aliphatic carbocycles. The highest BCUT2D eigenvalue weighted by molar-refractivity contribution is 6.03. The molecule has 2 aromatic carbocycles. The maximum Gasteiger partial charge on any atom is 0.262 e. The number of carbonyl (C=O) groups excluding carboxylic acids is 2. The van der Waals surface area contributed by atoms with E-state index in [-0.39, 0.29) is 30.2 Å². The Bertz CT molecular complexity index is 926. The summed E-state index contributed by atoms with van der Waals surface area (Å²) in [7, 11) is 1.55. The Balaban J connectivity index is 1.88. The number of hydrazone groups is 1. The fourth-order valence-corrected chi connectivity index (χ4v) is 3.39. The lowest BCUT2D eigenvalue weighted by Gasteiger charge is -2.26. The van der Waals surface area contributed by atoms with Gasteiger partial charge >= 0.3 is 0 Å². The largest absolute Gasteiger partial charge is 0.383 e. The molecule has 0 unspecified atom stereocenters. The zero-order valence-corrected chi connectivity index (χ0v) is 17.5. The number of nitrogens with zero attached hydrogens (tertiary/aromatic N) is 3. The van der Waals surface area contributed by atoms with Gasteiger partial charge in [0.2, 0.25) is 5.91 Å². The second-order valence-electron chi connectivity index (χ2n) is 7.36. The van der Waals surface area contributed by atoms with Crippen molar-refractivity contribution < 1.29 is 18.7 Å². The topological polar surface area (TPSA) is 62.2 Å². The summed E-state index contributed by atoms with van der Waals surface area (Å²) in [6.07, 6.45) is 0.512. The third-order valence-corrected chi connectivity index (χ3v) is 5.14. The zero-order valence-electron chi connectivity index (χ0n) is 17.5. The van der Waals surface area contributed by atoms with E-state index in [9.17, 15) is 14.0 Å². The van der Waals surface area contributed by atoms with E-state index in [1.165, 1.54) is 29.0 Å². The van der Waals surface area contributed by atoms with E-state index >= 15 is 0 Å². The van der Waals surface area contributed by atoms with Gasteiger partial charge in [0, 0.05) is 27.0 Å². The highest BCUT2D eigenvalue weighted by Gasteiger charge is 2.34. The minimum absolute atomic E-state index is 0.0821. The van der Waals surface area contributed by atoms with E-state index in [0.717, 1.165) is 16.7 Å². The molecule has 0 N–H and O–H groups in total. The van der Waals surface area contributed by atoms with E-state index in [1.807, 2.05) is 31.2 Å². The highest BCUT2D eigenvalue weighted by Crippen LogP contribution is 2.33. The quantitative estimate of drug-likeness (QED) is 0.702. The lowest BCUT2D eigenvalue weighted by atomic mass is 9.97. The third kappa shape index (κ3) is 5.10. The number of carbonyl (C=O) groups is 2. The van der Waals surface area contributed by atoms with Crippen molar-refractivity contribution in [2.24, 2.45) is 5.10 Å². The van der Waals surface area contributed by atoms with E-state index < -0.39 is 0 Å². The van der Waals surface area contributed by atoms with Crippen LogP contribution in [0.3, 0.4) is 0 Å². The van der Waals surface area contributed by atoms with Crippen LogP contribution < -0.4 is 0 Å². The van der Waals surface area contributed by atoms with Crippen LogP contribution in [0.25, 0.3) is 0 Å². The zero-order chi connectivity index (χ0) is 21.7. The predicted octanol–water partition coefficient (Wildman–Crippen LogP) is 3.31. The summed E-state index contributed by atoms with van der Waals surface area (Å²) in [5, 5.41) is 6.02. The van der Waals surface area contributed by atoms with Gasteiger partial charge < -0.3 is 9.64 Å². The summed E-state index contributed by atoms with van der Waals surface area (Å²) in [5.41, 5.74) is 3.56. The molecule has 0 bridgehead atoms. The lowest BCUT2D eigenvalue weighted by molar-refractivity contribution is -0.141. The van der Waals surface area contributed by atoms with Gasteiger partial charge in [-0.15, -0.1) is 0 Å². The average molecular weight is 411 g/mol. The SMILES string of the molecule is COCCN(CC(=O)N1N=C(c2ccc(F)cc2)C[C@@H]1c1ccc(C)cc1)C(C)=O. The van der Waals surface area contributed by atoms with Gasteiger partial charge in [0.1, 0.15) is 12.4 Å². The maximum atomic E-state index is 13.3. The summed E-state index contributed by atoms with van der Waals surface area (Å²) in [5.74, 6) is -0.797. The van der Waals surface area contributed by atoms with Crippen molar-refractivity contribution >= 4 is 17.5 Å². The normalized spacial score (nSPS) is 15.8. The fraction of sp³-hybridized carbons (Fsp3) is 0.348. The summed E-state index contributed by atoms with van der Waals surface area (Å²) in [6, 6.07) is 13.8. The molecule has 6 nitrogen and oxygen atoms in total. The number of hydrogen-bond donors (Lipinski definition) is 0. The van der Waals surface area contributed by atoms with Crippen molar-refractivity contribution in [1.29, 1.82) is 0 Å². The Kier molecular flexibility index (Phi) is 6.95. The van der Waals surface area contributed by atoms with E-state index in [0.29, 0.717) is 25.3 Å². The van der Waals surface area contributed by atoms with Gasteiger partial charge in [-0.3, -0.25) is 9.59 Å². The maximum absolute atomic E-state index is 13.3. The Labute approximate surface area is 175 Å². The molecule has 30 heavy (non-hydrogen) atoms. The van der Waals surface area contributed by atoms with Crippen LogP contribution >= 0.6 is 0 Å². The van der Waals surface area contributed by atoms with Crippen molar-refractivity contribution in [2.75, 3.05) is 26.8 Å². The Morgan fingerprint density at radius 3 is 2.43 bits per heavy atom. The Morgan fingerprint density at radius 1 is 1.17 bits per heavy atom. The van der Waals surface area contributed by atoms with Crippen molar-refractivity contribution in [1.82, 2.24) is 9.91 Å². The molecule has 7 heteroatoms. The van der Waals surface area contributed by atoms with Crippen LogP contribution in [-0.2, 0) is 14.3 Å². The first-order valence-electron chi connectivity index (χ1n) is 9.85. The van der Waals surface area contributed by atoms with Gasteiger partial charge in [0.05, 0.1) is 18.4 Å². The van der Waals surface area contributed by atoms with Crippen LogP contribution in [-0.4, -0.2) is 54.2 Å². The molecule has 0 fully saturated rings. The van der Waals surface area contributed by atoms with Crippen molar-refractivity contribution in [3.8, 4) is 0 Å². The molecule has 2 aromatic rings. The number of methoxy groups -OCH3 is 1. The summed E-state index contributed by atoms with van der Waals surface area (Å²) < 4.78 is 18.4. The molecule has 158 valence electrons. The van der Waals surface area contributed by atoms with Crippen molar-refractivity contribution in [3.05, 3.63) is 71.0 Å². The Morgan fingerprint density at radius 2 is 1.83 bits per heavy atom. The number of ether oxygens (including phenoxy) is 1. The predicted molar refractivity (Wildman–Crippen MR) is 112 cm³/mol. The van der Waals surface area contributed by atoms with Gasteiger partial charge in [-0.2, -0.15) is 5.10 Å². The van der Waals surface area contributed by atoms with Crippen molar-refractivity contribution in [3.63, 3.8) is 0 Å². The number of aryl methyl sites for hydroxylation is 1. The van der Waals surface area contributed by atoms with Crippen LogP contribution in [0.1, 0.15) is 36.1 Å². The molecule has 1 heterocycles. The lowest BCUT2D eigenvalue weighted by Crippen LogP contribution is -2.41. The molecule has 2 amide bonds. The number of rotatable bonds is 7. The molecule has 1 aliphatic rings. The fourth-order valence-electron chi connectivity index (χ4n) is 3.39. The molecule has 0 aromatic heterocycles. The van der Waals surface area contributed by atoms with Gasteiger partial charge in [-0.05, 0) is 30.2 Å². The smallest absolute Gasteiger partial charge is 0.262 e. The van der Waals surface area contributed by atoms with Crippen LogP contribution in [0.5, 0.6) is 0 Å². The molecule has 0 spiro atoms. The van der Waals surface area contributed by atoms with Crippen LogP contribution in [0, 0.1) is 12.7 Å². The molecular weight excluding hydrogens is 385 g/mol. The summed E-state index contributed by atoms with van der Waals surface area (Å²) >= 11 is 0. The van der Waals surface area contributed by atoms with Crippen LogP contribution in [0.4, 0.5) is 4.39 Å². The molecule has 0 radical (unpaired) electrons. The summed E-state index contributed by atoms with van der Waals surface area (Å²) in [6.45, 7) is 4.02. The minimum atomic E-state index is -0.324. The molecule has 0 saturated carbocycles. The molecule has 3 rings (SSSR count). The Hall–Kier alpha value is -3.06. The molecule has 1 aliphatic heterocycles. The number of benzene rings is 2. The second-order valence-corrected chi connectivity index (χ2v) is 7.36. The number of halogens is 1. The third-order valence-electron chi connectivity index (χ3n) is 5.14. The molecule has 1 atom stereocenters. The molecule has 0 saturated heterocycles. The van der Waals surface area contributed by atoms with Gasteiger partial charge in [0.25, 0.3) is 5.91 Å². The second kappa shape index (κ2) is 9.63. The average Bonchev–Trinajstić information content (AvgIpc) is 3.17. The first-order chi connectivity index (χ1) is 14.4. The minimum Gasteiger partial charge on any atom is -0.383 e. The van der Waals surface area contributed by atoms with Crippen LogP contribution in [0.2, 0.25) is 0 Å². The van der Waals surface area contributed by atoms with E-state index in [1.54, 1.807) is 19.2 Å². The van der Waals surface area contributed by atoms with Gasteiger partial charge in [0.15, 0.2) is 0 Å². The van der Waals surface area contributed by atoms with Gasteiger partial charge in [-0.25, -0.2) is 9.40 Å². The van der Waals surface area contributed by atoms with E-state index in [4.69, 9.17) is 4.74 Å². The van der Waals surface area contributed by atoms with E-state index in [2.05, 4.69) is 5.10 Å².